The van der Waals surface area contributed by atoms with Crippen LogP contribution in [-0.4, -0.2) is 38.7 Å². The van der Waals surface area contributed by atoms with Crippen molar-refractivity contribution in [2.75, 3.05) is 13.1 Å². The number of carbonyl (C=O) groups excluding carboxylic acids is 1. The van der Waals surface area contributed by atoms with Gasteiger partial charge in [0.15, 0.2) is 0 Å². The first-order chi connectivity index (χ1) is 10.7. The van der Waals surface area contributed by atoms with Crippen molar-refractivity contribution in [2.45, 2.75) is 25.8 Å². The maximum atomic E-state index is 12.5. The third kappa shape index (κ3) is 2.77. The number of hydrogen-bond donors (Lipinski definition) is 0. The molecule has 2 aromatic heterocycles. The van der Waals surface area contributed by atoms with Crippen molar-refractivity contribution in [1.29, 1.82) is 0 Å². The number of likely N-dealkylation sites (tertiary alicyclic amines) is 1. The molecule has 6 heteroatoms. The van der Waals surface area contributed by atoms with Crippen molar-refractivity contribution < 1.29 is 4.79 Å². The summed E-state index contributed by atoms with van der Waals surface area (Å²) in [6, 6.07) is 6.18. The van der Waals surface area contributed by atoms with E-state index in [1.54, 1.807) is 30.3 Å². The molecule has 1 amide bonds. The summed E-state index contributed by atoms with van der Waals surface area (Å²) >= 11 is 0. The van der Waals surface area contributed by atoms with E-state index in [1.165, 1.54) is 10.7 Å². The molecule has 2 aromatic rings. The summed E-state index contributed by atoms with van der Waals surface area (Å²) < 4.78 is 1.27. The summed E-state index contributed by atoms with van der Waals surface area (Å²) in [6.45, 7) is 3.26. The van der Waals surface area contributed by atoms with Gasteiger partial charge < -0.3 is 4.90 Å². The van der Waals surface area contributed by atoms with Gasteiger partial charge in [0, 0.05) is 37.1 Å². The Labute approximate surface area is 128 Å². The molecule has 0 aromatic carbocycles. The Morgan fingerprint density at radius 3 is 2.50 bits per heavy atom. The van der Waals surface area contributed by atoms with E-state index in [4.69, 9.17) is 0 Å². The van der Waals surface area contributed by atoms with Crippen molar-refractivity contribution in [3.8, 4) is 11.3 Å². The quantitative estimate of drug-likeness (QED) is 0.861. The fraction of sp³-hybridized carbons (Fsp3) is 0.375. The van der Waals surface area contributed by atoms with E-state index in [-0.39, 0.29) is 11.5 Å². The molecular formula is C16H18N4O2. The summed E-state index contributed by atoms with van der Waals surface area (Å²) in [5, 5.41) is 4.36. The molecule has 6 nitrogen and oxygen atoms in total. The number of nitrogens with zero attached hydrogens (tertiary/aromatic N) is 4. The number of aromatic nitrogens is 3. The molecule has 3 heterocycles. The average Bonchev–Trinajstić information content (AvgIpc) is 3.09. The highest BCUT2D eigenvalue weighted by molar-refractivity contribution is 5.80. The van der Waals surface area contributed by atoms with E-state index in [0.29, 0.717) is 5.69 Å². The minimum Gasteiger partial charge on any atom is -0.341 e. The molecule has 1 saturated heterocycles. The zero-order valence-corrected chi connectivity index (χ0v) is 12.5. The maximum absolute atomic E-state index is 12.5. The molecule has 0 spiro atoms. The van der Waals surface area contributed by atoms with Gasteiger partial charge in [0.05, 0.1) is 5.69 Å². The fourth-order valence-corrected chi connectivity index (χ4v) is 2.69. The lowest BCUT2D eigenvalue weighted by molar-refractivity contribution is -0.133. The van der Waals surface area contributed by atoms with Crippen LogP contribution >= 0.6 is 0 Å². The molecule has 0 radical (unpaired) electrons. The first kappa shape index (κ1) is 14.4. The fourth-order valence-electron chi connectivity index (χ4n) is 2.69. The summed E-state index contributed by atoms with van der Waals surface area (Å²) in [5.74, 6) is -0.0426. The molecule has 1 aliphatic heterocycles. The second-order valence-electron chi connectivity index (χ2n) is 5.45. The highest BCUT2D eigenvalue weighted by atomic mass is 16.2. The largest absolute Gasteiger partial charge is 0.341 e. The lowest BCUT2D eigenvalue weighted by Gasteiger charge is -2.21. The Balaban J connectivity index is 1.92. The van der Waals surface area contributed by atoms with Gasteiger partial charge in [-0.1, -0.05) is 0 Å². The molecule has 114 valence electrons. The Morgan fingerprint density at radius 2 is 1.82 bits per heavy atom. The summed E-state index contributed by atoms with van der Waals surface area (Å²) in [5.41, 5.74) is 1.26. The summed E-state index contributed by atoms with van der Waals surface area (Å²) in [7, 11) is 0. The van der Waals surface area contributed by atoms with Gasteiger partial charge >= 0.3 is 0 Å². The van der Waals surface area contributed by atoms with Gasteiger partial charge in [-0.3, -0.25) is 14.6 Å². The molecule has 0 N–H and O–H groups in total. The van der Waals surface area contributed by atoms with Gasteiger partial charge in [-0.05, 0) is 38.0 Å². The number of carbonyl (C=O) groups is 1. The van der Waals surface area contributed by atoms with Crippen LogP contribution in [0.15, 0.2) is 41.5 Å². The Hall–Kier alpha value is -2.50. The topological polar surface area (TPSA) is 68.1 Å². The molecule has 1 unspecified atom stereocenters. The highest BCUT2D eigenvalue weighted by Crippen LogP contribution is 2.17. The maximum Gasteiger partial charge on any atom is 0.267 e. The van der Waals surface area contributed by atoms with Gasteiger partial charge in [-0.15, -0.1) is 0 Å². The third-order valence-electron chi connectivity index (χ3n) is 3.94. The predicted octanol–water partition coefficient (Wildman–Crippen LogP) is 1.49. The Morgan fingerprint density at radius 1 is 1.14 bits per heavy atom. The van der Waals surface area contributed by atoms with Crippen molar-refractivity contribution in [3.63, 3.8) is 0 Å². The molecule has 3 rings (SSSR count). The normalized spacial score (nSPS) is 15.8. The molecule has 1 fully saturated rings. The van der Waals surface area contributed by atoms with E-state index >= 15 is 0 Å². The van der Waals surface area contributed by atoms with E-state index in [2.05, 4.69) is 10.1 Å². The number of hydrogen-bond acceptors (Lipinski definition) is 4. The second kappa shape index (κ2) is 6.09. The molecule has 1 atom stereocenters. The van der Waals surface area contributed by atoms with Crippen LogP contribution in [0.3, 0.4) is 0 Å². The van der Waals surface area contributed by atoms with Gasteiger partial charge in [-0.25, -0.2) is 4.68 Å². The second-order valence-corrected chi connectivity index (χ2v) is 5.45. The average molecular weight is 298 g/mol. The summed E-state index contributed by atoms with van der Waals surface area (Å²) in [4.78, 5) is 30.3. The third-order valence-corrected chi connectivity index (χ3v) is 3.94. The lowest BCUT2D eigenvalue weighted by atomic mass is 10.2. The van der Waals surface area contributed by atoms with Crippen LogP contribution in [0.1, 0.15) is 25.8 Å². The minimum atomic E-state index is -0.590. The molecule has 0 aliphatic carbocycles. The zero-order valence-electron chi connectivity index (χ0n) is 12.5. The number of pyridine rings is 1. The molecule has 1 aliphatic rings. The zero-order chi connectivity index (χ0) is 15.5. The van der Waals surface area contributed by atoms with E-state index in [9.17, 15) is 9.59 Å². The van der Waals surface area contributed by atoms with Crippen LogP contribution in [-0.2, 0) is 4.79 Å². The first-order valence-corrected chi connectivity index (χ1v) is 7.46. The molecule has 0 bridgehead atoms. The van der Waals surface area contributed by atoms with Crippen LogP contribution in [0.25, 0.3) is 11.3 Å². The predicted molar refractivity (Wildman–Crippen MR) is 82.3 cm³/mol. The Kier molecular flexibility index (Phi) is 4.00. The van der Waals surface area contributed by atoms with Gasteiger partial charge in [-0.2, -0.15) is 5.10 Å². The van der Waals surface area contributed by atoms with Crippen molar-refractivity contribution in [1.82, 2.24) is 19.7 Å². The van der Waals surface area contributed by atoms with Crippen molar-refractivity contribution >= 4 is 5.91 Å². The monoisotopic (exact) mass is 298 g/mol. The SMILES string of the molecule is CC(C(=O)N1CCCC1)n1nc(-c2ccncc2)ccc1=O. The van der Waals surface area contributed by atoms with Gasteiger partial charge in [0.1, 0.15) is 6.04 Å². The van der Waals surface area contributed by atoms with Crippen LogP contribution in [0.5, 0.6) is 0 Å². The lowest BCUT2D eigenvalue weighted by Crippen LogP contribution is -2.38. The Bertz CT molecular complexity index is 720. The van der Waals surface area contributed by atoms with Gasteiger partial charge in [0.25, 0.3) is 5.56 Å². The van der Waals surface area contributed by atoms with Crippen LogP contribution in [0, 0.1) is 0 Å². The smallest absolute Gasteiger partial charge is 0.267 e. The van der Waals surface area contributed by atoms with E-state index in [1.807, 2.05) is 12.1 Å². The van der Waals surface area contributed by atoms with E-state index in [0.717, 1.165) is 31.5 Å². The van der Waals surface area contributed by atoms with E-state index < -0.39 is 6.04 Å². The van der Waals surface area contributed by atoms with Crippen LogP contribution in [0.4, 0.5) is 0 Å². The highest BCUT2D eigenvalue weighted by Gasteiger charge is 2.25. The first-order valence-electron chi connectivity index (χ1n) is 7.46. The van der Waals surface area contributed by atoms with Crippen LogP contribution < -0.4 is 5.56 Å². The molecule has 0 saturated carbocycles. The van der Waals surface area contributed by atoms with Crippen molar-refractivity contribution in [2.24, 2.45) is 0 Å². The number of amides is 1. The molecular weight excluding hydrogens is 280 g/mol. The van der Waals surface area contributed by atoms with Crippen LogP contribution in [0.2, 0.25) is 0 Å². The number of rotatable bonds is 3. The standard InChI is InChI=1S/C16H18N4O2/c1-12(16(22)19-10-2-3-11-19)20-15(21)5-4-14(18-20)13-6-8-17-9-7-13/h4-9,12H,2-3,10-11H2,1H3. The van der Waals surface area contributed by atoms with Crippen molar-refractivity contribution in [3.05, 3.63) is 47.0 Å². The van der Waals surface area contributed by atoms with Gasteiger partial charge in [0.2, 0.25) is 5.91 Å². The summed E-state index contributed by atoms with van der Waals surface area (Å²) in [6.07, 6.45) is 5.40. The molecule has 22 heavy (non-hydrogen) atoms. The minimum absolute atomic E-state index is 0.0426.